The number of esters is 1. The first-order valence-electron chi connectivity index (χ1n) is 13.6. The molecule has 0 bridgehead atoms. The molecule has 4 rings (SSSR count). The first kappa shape index (κ1) is 31.6. The lowest BCUT2D eigenvalue weighted by atomic mass is 9.85. The van der Waals surface area contributed by atoms with Gasteiger partial charge in [0.05, 0.1) is 33.9 Å². The van der Waals surface area contributed by atoms with Gasteiger partial charge in [-0.2, -0.15) is 0 Å². The summed E-state index contributed by atoms with van der Waals surface area (Å²) in [6.07, 6.45) is -0.788. The molecule has 11 nitrogen and oxygen atoms in total. The van der Waals surface area contributed by atoms with Gasteiger partial charge in [0.25, 0.3) is 5.69 Å². The van der Waals surface area contributed by atoms with Crippen LogP contribution in [0.3, 0.4) is 0 Å². The second-order valence-corrected chi connectivity index (χ2v) is 12.3. The summed E-state index contributed by atoms with van der Waals surface area (Å²) < 4.78 is 43.6. The van der Waals surface area contributed by atoms with Crippen LogP contribution in [0.15, 0.2) is 76.9 Å². The second-order valence-electron chi connectivity index (χ2n) is 10.4. The number of hydrogen-bond donors (Lipinski definition) is 0. The molecule has 1 unspecified atom stereocenters. The summed E-state index contributed by atoms with van der Waals surface area (Å²) >= 11 is 0. The fourth-order valence-electron chi connectivity index (χ4n) is 5.54. The average molecular weight is 601 g/mol. The number of nitro groups is 1. The smallest absolute Gasteiger partial charge is 0.360 e. The van der Waals surface area contributed by atoms with Crippen LogP contribution < -0.4 is 0 Å². The molecule has 2 aliphatic rings. The lowest BCUT2D eigenvalue weighted by Crippen LogP contribution is -2.36. The molecular weight excluding hydrogens is 563 g/mol. The van der Waals surface area contributed by atoms with E-state index in [4.69, 9.17) is 23.3 Å². The Bertz CT molecular complexity index is 1410. The number of non-ortho nitro benzene ring substituents is 1. The van der Waals surface area contributed by atoms with Gasteiger partial charge in [0.15, 0.2) is 0 Å². The Hall–Kier alpha value is -3.34. The van der Waals surface area contributed by atoms with Gasteiger partial charge in [-0.1, -0.05) is 42.5 Å². The van der Waals surface area contributed by atoms with E-state index in [1.165, 1.54) is 32.4 Å². The molecule has 0 aliphatic carbocycles. The molecule has 0 aromatic heterocycles. The largest absolute Gasteiger partial charge is 0.459 e. The van der Waals surface area contributed by atoms with Crippen LogP contribution in [-0.2, 0) is 32.6 Å². The minimum Gasteiger partial charge on any atom is -0.459 e. The molecule has 12 heteroatoms. The van der Waals surface area contributed by atoms with E-state index in [1.807, 2.05) is 44.2 Å². The number of carbonyl (C=O) groups is 1. The summed E-state index contributed by atoms with van der Waals surface area (Å²) in [6.45, 7) is 7.04. The zero-order chi connectivity index (χ0) is 30.6. The molecule has 42 heavy (non-hydrogen) atoms. The highest BCUT2D eigenvalue weighted by molar-refractivity contribution is 7.58. The van der Waals surface area contributed by atoms with Crippen LogP contribution in [0.4, 0.5) is 5.69 Å². The SMILES string of the molecule is COCN1C(C)=C(C(=O)OC[C@@H](OC)c2ccccc2)[C@H](c2cccc([N+](=O)[O-])c2)C(P2(=O)O[C@H](C)C[C@H](C)O2)=C1C. The first-order chi connectivity index (χ1) is 20.0. The maximum Gasteiger partial charge on any atom is 0.360 e. The Kier molecular flexibility index (Phi) is 10.0. The predicted octanol–water partition coefficient (Wildman–Crippen LogP) is 6.44. The Morgan fingerprint density at radius 2 is 1.74 bits per heavy atom. The molecule has 2 heterocycles. The highest BCUT2D eigenvalue weighted by Crippen LogP contribution is 2.68. The molecule has 0 amide bonds. The predicted molar refractivity (Wildman–Crippen MR) is 155 cm³/mol. The lowest BCUT2D eigenvalue weighted by Gasteiger charge is -2.42. The Morgan fingerprint density at radius 3 is 2.33 bits per heavy atom. The van der Waals surface area contributed by atoms with Gasteiger partial charge >= 0.3 is 13.6 Å². The van der Waals surface area contributed by atoms with Crippen LogP contribution in [0, 0.1) is 10.1 Å². The number of methoxy groups -OCH3 is 2. The summed E-state index contributed by atoms with van der Waals surface area (Å²) in [7, 11) is -0.994. The molecule has 0 spiro atoms. The second kappa shape index (κ2) is 13.3. The minimum absolute atomic E-state index is 0.0371. The minimum atomic E-state index is -4.03. The van der Waals surface area contributed by atoms with E-state index in [9.17, 15) is 19.5 Å². The van der Waals surface area contributed by atoms with Gasteiger partial charge in [0.2, 0.25) is 0 Å². The molecule has 1 saturated heterocycles. The van der Waals surface area contributed by atoms with Gasteiger partial charge < -0.3 is 28.2 Å². The zero-order valence-corrected chi connectivity index (χ0v) is 25.5. The number of hydrogen-bond acceptors (Lipinski definition) is 10. The van der Waals surface area contributed by atoms with Crippen molar-refractivity contribution in [1.82, 2.24) is 4.90 Å². The highest BCUT2D eigenvalue weighted by atomic mass is 31.2. The van der Waals surface area contributed by atoms with Gasteiger partial charge in [0.1, 0.15) is 19.4 Å². The van der Waals surface area contributed by atoms with Crippen LogP contribution >= 0.6 is 7.60 Å². The summed E-state index contributed by atoms with van der Waals surface area (Å²) in [5.41, 5.74) is 2.16. The van der Waals surface area contributed by atoms with Crippen molar-refractivity contribution >= 4 is 19.3 Å². The zero-order valence-electron chi connectivity index (χ0n) is 24.6. The summed E-state index contributed by atoms with van der Waals surface area (Å²) in [6, 6.07) is 15.3. The number of carbonyl (C=O) groups excluding carboxylic acids is 1. The van der Waals surface area contributed by atoms with E-state index >= 15 is 0 Å². The Morgan fingerprint density at radius 1 is 1.07 bits per heavy atom. The fourth-order valence-corrected chi connectivity index (χ4v) is 8.05. The molecule has 2 aromatic carbocycles. The van der Waals surface area contributed by atoms with E-state index in [1.54, 1.807) is 24.8 Å². The quantitative estimate of drug-likeness (QED) is 0.130. The summed E-state index contributed by atoms with van der Waals surface area (Å²) in [4.78, 5) is 27.0. The van der Waals surface area contributed by atoms with E-state index in [2.05, 4.69) is 0 Å². The van der Waals surface area contributed by atoms with Gasteiger partial charge in [-0.25, -0.2) is 4.79 Å². The molecular formula is C30H37N2O9P. The van der Waals surface area contributed by atoms with Gasteiger partial charge in [0, 0.05) is 44.2 Å². The molecule has 226 valence electrons. The van der Waals surface area contributed by atoms with Crippen LogP contribution in [0.25, 0.3) is 0 Å². The first-order valence-corrected chi connectivity index (χ1v) is 15.2. The summed E-state index contributed by atoms with van der Waals surface area (Å²) in [5, 5.41) is 12.0. The highest BCUT2D eigenvalue weighted by Gasteiger charge is 2.49. The molecule has 1 fully saturated rings. The molecule has 2 aliphatic heterocycles. The van der Waals surface area contributed by atoms with E-state index in [0.29, 0.717) is 23.4 Å². The Balaban J connectivity index is 1.86. The van der Waals surface area contributed by atoms with Crippen molar-refractivity contribution in [2.45, 2.75) is 58.3 Å². The van der Waals surface area contributed by atoms with Crippen molar-refractivity contribution in [3.63, 3.8) is 0 Å². The van der Waals surface area contributed by atoms with Gasteiger partial charge in [-0.3, -0.25) is 14.7 Å². The van der Waals surface area contributed by atoms with E-state index < -0.39 is 42.7 Å². The van der Waals surface area contributed by atoms with Crippen LogP contribution in [0.5, 0.6) is 0 Å². The monoisotopic (exact) mass is 600 g/mol. The van der Waals surface area contributed by atoms with Crippen LogP contribution in [0.1, 0.15) is 57.3 Å². The molecule has 0 radical (unpaired) electrons. The average Bonchev–Trinajstić information content (AvgIpc) is 2.95. The molecule has 5 atom stereocenters. The standard InChI is InChI=1S/C30H37N2O9P/c1-19-15-20(2)41-42(36,40-19)29-22(4)31(18-37-5)21(3)27(28(29)24-13-10-14-25(16-24)32(34)35)30(33)39-17-26(38-6)23-11-8-7-9-12-23/h7-14,16,19-20,26,28H,15,17-18H2,1-6H3/t19-,20+,26-,28+,42?/m1/s1. The number of nitro benzene ring substituents is 1. The van der Waals surface area contributed by atoms with E-state index in [0.717, 1.165) is 5.56 Å². The summed E-state index contributed by atoms with van der Waals surface area (Å²) in [5.74, 6) is -1.72. The van der Waals surface area contributed by atoms with Crippen molar-refractivity contribution in [3.05, 3.63) is 98.1 Å². The number of nitrogens with zero attached hydrogens (tertiary/aromatic N) is 2. The number of ether oxygens (including phenoxy) is 3. The van der Waals surface area contributed by atoms with Crippen molar-refractivity contribution in [3.8, 4) is 0 Å². The van der Waals surface area contributed by atoms with Crippen molar-refractivity contribution < 1.29 is 37.5 Å². The number of rotatable bonds is 10. The van der Waals surface area contributed by atoms with Crippen LogP contribution in [-0.4, -0.2) is 55.6 Å². The van der Waals surface area contributed by atoms with Crippen molar-refractivity contribution in [2.75, 3.05) is 27.6 Å². The van der Waals surface area contributed by atoms with Gasteiger partial charge in [-0.15, -0.1) is 0 Å². The van der Waals surface area contributed by atoms with Crippen molar-refractivity contribution in [2.24, 2.45) is 0 Å². The molecule has 0 N–H and O–H groups in total. The van der Waals surface area contributed by atoms with Crippen molar-refractivity contribution in [1.29, 1.82) is 0 Å². The lowest BCUT2D eigenvalue weighted by molar-refractivity contribution is -0.384. The topological polar surface area (TPSA) is 127 Å². The third kappa shape index (κ3) is 6.50. The molecule has 2 aromatic rings. The third-order valence-electron chi connectivity index (χ3n) is 7.44. The number of benzene rings is 2. The van der Waals surface area contributed by atoms with Crippen LogP contribution in [0.2, 0.25) is 0 Å². The fraction of sp³-hybridized carbons (Fsp3) is 0.433. The molecule has 0 saturated carbocycles. The maximum atomic E-state index is 14.6. The van der Waals surface area contributed by atoms with Gasteiger partial charge in [-0.05, 0) is 38.8 Å². The third-order valence-corrected chi connectivity index (χ3v) is 9.89. The Labute approximate surface area is 245 Å². The van der Waals surface area contributed by atoms with E-state index in [-0.39, 0.29) is 29.9 Å². The maximum absolute atomic E-state index is 14.6. The normalized spacial score (nSPS) is 25.4. The number of allylic oxidation sites excluding steroid dienone is 3.